The molecule has 5 nitrogen and oxygen atoms in total. The number of benzene rings is 1. The van der Waals surface area contributed by atoms with Crippen molar-refractivity contribution in [1.29, 1.82) is 0 Å². The molecule has 0 aliphatic rings. The molecular formula is C13H14Cl2N4O. The molecule has 0 saturated carbocycles. The number of carbonyl (C=O) groups is 1. The van der Waals surface area contributed by atoms with E-state index in [1.54, 1.807) is 32.4 Å². The van der Waals surface area contributed by atoms with Crippen LogP contribution in [0.25, 0.3) is 0 Å². The van der Waals surface area contributed by atoms with E-state index in [2.05, 4.69) is 5.10 Å². The van der Waals surface area contributed by atoms with Crippen molar-refractivity contribution in [2.24, 2.45) is 7.05 Å². The van der Waals surface area contributed by atoms with Crippen molar-refractivity contribution in [3.63, 3.8) is 0 Å². The zero-order valence-electron chi connectivity index (χ0n) is 11.1. The number of hydrogen-bond donors (Lipinski definition) is 1. The van der Waals surface area contributed by atoms with Crippen molar-refractivity contribution in [2.75, 3.05) is 12.8 Å². The molecule has 0 bridgehead atoms. The van der Waals surface area contributed by atoms with Gasteiger partial charge in [0.05, 0.1) is 15.7 Å². The van der Waals surface area contributed by atoms with Crippen LogP contribution in [0.1, 0.15) is 16.1 Å². The number of nitrogens with zero attached hydrogens (tertiary/aromatic N) is 3. The van der Waals surface area contributed by atoms with Crippen molar-refractivity contribution < 1.29 is 4.79 Å². The third-order valence-corrected chi connectivity index (χ3v) is 3.55. The van der Waals surface area contributed by atoms with Gasteiger partial charge in [0.1, 0.15) is 0 Å². The Morgan fingerprint density at radius 2 is 2.10 bits per heavy atom. The van der Waals surface area contributed by atoms with Crippen LogP contribution in [0.4, 0.5) is 5.69 Å². The normalized spacial score (nSPS) is 10.6. The van der Waals surface area contributed by atoms with Gasteiger partial charge in [-0.3, -0.25) is 9.48 Å². The van der Waals surface area contributed by atoms with Gasteiger partial charge in [0.15, 0.2) is 5.69 Å². The Morgan fingerprint density at radius 1 is 1.40 bits per heavy atom. The number of aromatic nitrogens is 2. The lowest BCUT2D eigenvalue weighted by molar-refractivity contribution is 0.0779. The Balaban J connectivity index is 2.15. The first kappa shape index (κ1) is 14.7. The van der Waals surface area contributed by atoms with Crippen LogP contribution in [0.3, 0.4) is 0 Å². The Labute approximate surface area is 126 Å². The van der Waals surface area contributed by atoms with Crippen LogP contribution in [-0.4, -0.2) is 27.6 Å². The van der Waals surface area contributed by atoms with Gasteiger partial charge in [-0.2, -0.15) is 5.10 Å². The number of rotatable bonds is 3. The molecule has 0 atom stereocenters. The monoisotopic (exact) mass is 312 g/mol. The van der Waals surface area contributed by atoms with Crippen molar-refractivity contribution in [3.8, 4) is 0 Å². The molecule has 0 aliphatic carbocycles. The molecule has 1 heterocycles. The van der Waals surface area contributed by atoms with Gasteiger partial charge in [-0.25, -0.2) is 0 Å². The first-order valence-corrected chi connectivity index (χ1v) is 6.62. The number of aryl methyl sites for hydroxylation is 1. The van der Waals surface area contributed by atoms with Crippen LogP contribution < -0.4 is 5.73 Å². The lowest BCUT2D eigenvalue weighted by atomic mass is 10.2. The summed E-state index contributed by atoms with van der Waals surface area (Å²) in [5.74, 6) is -0.242. The fraction of sp³-hybridized carbons (Fsp3) is 0.231. The first-order valence-electron chi connectivity index (χ1n) is 5.87. The molecule has 0 saturated heterocycles. The highest BCUT2D eigenvalue weighted by atomic mass is 35.5. The van der Waals surface area contributed by atoms with Crippen molar-refractivity contribution in [3.05, 3.63) is 45.7 Å². The highest BCUT2D eigenvalue weighted by Gasteiger charge is 2.18. The molecule has 1 amide bonds. The Hall–Kier alpha value is -1.72. The minimum absolute atomic E-state index is 0.242. The van der Waals surface area contributed by atoms with E-state index >= 15 is 0 Å². The van der Waals surface area contributed by atoms with E-state index in [0.717, 1.165) is 5.56 Å². The molecule has 0 aliphatic heterocycles. The predicted octanol–water partition coefficient (Wildman–Crippen LogP) is 2.58. The summed E-state index contributed by atoms with van der Waals surface area (Å²) in [6.45, 7) is 0.395. The minimum Gasteiger partial charge on any atom is -0.396 e. The Kier molecular flexibility index (Phi) is 4.20. The summed E-state index contributed by atoms with van der Waals surface area (Å²) in [5, 5.41) is 5.00. The number of nitrogen functional groups attached to an aromatic ring is 1. The second-order valence-corrected chi connectivity index (χ2v) is 5.33. The van der Waals surface area contributed by atoms with Gasteiger partial charge in [-0.05, 0) is 17.7 Å². The molecular weight excluding hydrogens is 299 g/mol. The molecule has 1 aromatic heterocycles. The van der Waals surface area contributed by atoms with Gasteiger partial charge in [0, 0.05) is 26.8 Å². The van der Waals surface area contributed by atoms with Crippen LogP contribution >= 0.6 is 23.2 Å². The second kappa shape index (κ2) is 5.73. The molecule has 20 heavy (non-hydrogen) atoms. The van der Waals surface area contributed by atoms with E-state index in [0.29, 0.717) is 22.3 Å². The summed E-state index contributed by atoms with van der Waals surface area (Å²) >= 11 is 11.8. The van der Waals surface area contributed by atoms with Crippen LogP contribution in [0.2, 0.25) is 10.0 Å². The van der Waals surface area contributed by atoms with Gasteiger partial charge >= 0.3 is 0 Å². The molecule has 0 spiro atoms. The van der Waals surface area contributed by atoms with Gasteiger partial charge < -0.3 is 10.6 Å². The predicted molar refractivity (Wildman–Crippen MR) is 79.9 cm³/mol. The van der Waals surface area contributed by atoms with Crippen molar-refractivity contribution in [1.82, 2.24) is 14.7 Å². The van der Waals surface area contributed by atoms with E-state index < -0.39 is 0 Å². The van der Waals surface area contributed by atoms with E-state index in [9.17, 15) is 4.79 Å². The average Bonchev–Trinajstić information content (AvgIpc) is 2.72. The maximum atomic E-state index is 12.2. The molecule has 0 fully saturated rings. The highest BCUT2D eigenvalue weighted by molar-refractivity contribution is 6.42. The van der Waals surface area contributed by atoms with Crippen LogP contribution in [0.5, 0.6) is 0 Å². The number of anilines is 1. The third kappa shape index (κ3) is 3.05. The van der Waals surface area contributed by atoms with E-state index in [-0.39, 0.29) is 11.6 Å². The summed E-state index contributed by atoms with van der Waals surface area (Å²) < 4.78 is 1.51. The summed E-state index contributed by atoms with van der Waals surface area (Å²) in [4.78, 5) is 13.8. The van der Waals surface area contributed by atoms with Gasteiger partial charge in [-0.15, -0.1) is 0 Å². The highest BCUT2D eigenvalue weighted by Crippen LogP contribution is 2.23. The average molecular weight is 313 g/mol. The molecule has 0 unspecified atom stereocenters. The lowest BCUT2D eigenvalue weighted by Crippen LogP contribution is -2.27. The van der Waals surface area contributed by atoms with Crippen LogP contribution in [0.15, 0.2) is 24.4 Å². The number of hydrogen-bond acceptors (Lipinski definition) is 3. The minimum atomic E-state index is -0.242. The molecule has 0 radical (unpaired) electrons. The smallest absolute Gasteiger partial charge is 0.276 e. The van der Waals surface area contributed by atoms with Crippen LogP contribution in [-0.2, 0) is 13.6 Å². The van der Waals surface area contributed by atoms with E-state index in [1.165, 1.54) is 9.58 Å². The molecule has 2 rings (SSSR count). The van der Waals surface area contributed by atoms with Crippen molar-refractivity contribution in [2.45, 2.75) is 6.54 Å². The Morgan fingerprint density at radius 3 is 2.65 bits per heavy atom. The maximum absolute atomic E-state index is 12.2. The largest absolute Gasteiger partial charge is 0.396 e. The quantitative estimate of drug-likeness (QED) is 0.947. The lowest BCUT2D eigenvalue weighted by Gasteiger charge is -2.16. The summed E-state index contributed by atoms with van der Waals surface area (Å²) in [6, 6.07) is 5.25. The standard InChI is InChI=1S/C13H14Cl2N4O/c1-18(6-8-3-4-9(14)10(15)5-8)13(20)12-11(16)7-19(2)17-12/h3-5,7H,6,16H2,1-2H3. The topological polar surface area (TPSA) is 64.2 Å². The molecule has 1 aromatic carbocycles. The van der Waals surface area contributed by atoms with Gasteiger partial charge in [0.2, 0.25) is 0 Å². The fourth-order valence-electron chi connectivity index (χ4n) is 1.84. The summed E-state index contributed by atoms with van der Waals surface area (Å²) in [6.07, 6.45) is 1.60. The molecule has 2 N–H and O–H groups in total. The number of nitrogens with two attached hydrogens (primary N) is 1. The second-order valence-electron chi connectivity index (χ2n) is 4.52. The third-order valence-electron chi connectivity index (χ3n) is 2.81. The number of amides is 1. The summed E-state index contributed by atoms with van der Waals surface area (Å²) in [7, 11) is 3.39. The number of carbonyl (C=O) groups excluding carboxylic acids is 1. The van der Waals surface area contributed by atoms with Crippen molar-refractivity contribution >= 4 is 34.8 Å². The van der Waals surface area contributed by atoms with Crippen LogP contribution in [0, 0.1) is 0 Å². The Bertz CT molecular complexity index is 654. The molecule has 7 heteroatoms. The zero-order valence-corrected chi connectivity index (χ0v) is 12.6. The fourth-order valence-corrected chi connectivity index (χ4v) is 2.16. The SMILES string of the molecule is CN(Cc1ccc(Cl)c(Cl)c1)C(=O)c1nn(C)cc1N. The van der Waals surface area contributed by atoms with E-state index in [1.807, 2.05) is 6.07 Å². The van der Waals surface area contributed by atoms with Gasteiger partial charge in [0.25, 0.3) is 5.91 Å². The first-order chi connectivity index (χ1) is 9.38. The molecule has 2 aromatic rings. The van der Waals surface area contributed by atoms with Gasteiger partial charge in [-0.1, -0.05) is 29.3 Å². The number of halogens is 2. The zero-order chi connectivity index (χ0) is 14.9. The molecule has 106 valence electrons. The van der Waals surface area contributed by atoms with E-state index in [4.69, 9.17) is 28.9 Å². The summed E-state index contributed by atoms with van der Waals surface area (Å²) in [5.41, 5.74) is 7.23. The maximum Gasteiger partial charge on any atom is 0.276 e.